The molecule has 0 aromatic heterocycles. The molecule has 1 aliphatic carbocycles. The molecule has 1 atom stereocenters. The quantitative estimate of drug-likeness (QED) is 0.782. The summed E-state index contributed by atoms with van der Waals surface area (Å²) in [4.78, 5) is 17.4. The second-order valence-corrected chi connectivity index (χ2v) is 6.78. The maximum Gasteiger partial charge on any atom is 0.226 e. The summed E-state index contributed by atoms with van der Waals surface area (Å²) in [6, 6.07) is 0. The molecule has 108 valence electrons. The van der Waals surface area contributed by atoms with Crippen molar-refractivity contribution in [3.8, 4) is 0 Å². The van der Waals surface area contributed by atoms with Gasteiger partial charge in [-0.15, -0.1) is 0 Å². The van der Waals surface area contributed by atoms with Gasteiger partial charge in [0, 0.05) is 26.2 Å². The zero-order valence-electron chi connectivity index (χ0n) is 12.1. The fraction of sp³-hybridized carbons (Fsp3) is 0.938. The molecular weight excluding hydrogens is 236 g/mol. The van der Waals surface area contributed by atoms with Crippen LogP contribution in [0.4, 0.5) is 0 Å². The number of nitrogens with zero attached hydrogens (tertiary/aromatic N) is 2. The highest BCUT2D eigenvalue weighted by Gasteiger charge is 2.32. The number of hydrogen-bond donors (Lipinski definition) is 0. The number of amides is 1. The van der Waals surface area contributed by atoms with Crippen molar-refractivity contribution in [2.24, 2.45) is 11.8 Å². The van der Waals surface area contributed by atoms with Gasteiger partial charge in [0.25, 0.3) is 0 Å². The van der Waals surface area contributed by atoms with Crippen molar-refractivity contribution in [2.75, 3.05) is 32.7 Å². The highest BCUT2D eigenvalue weighted by atomic mass is 16.2. The average Bonchev–Trinajstić information content (AvgIpc) is 3.24. The molecule has 2 heterocycles. The molecule has 0 radical (unpaired) electrons. The molecule has 3 aliphatic rings. The lowest BCUT2D eigenvalue weighted by Gasteiger charge is -2.34. The molecule has 1 saturated carbocycles. The van der Waals surface area contributed by atoms with Gasteiger partial charge in [-0.1, -0.05) is 12.8 Å². The van der Waals surface area contributed by atoms with Crippen molar-refractivity contribution < 1.29 is 4.79 Å². The molecule has 0 aromatic carbocycles. The van der Waals surface area contributed by atoms with E-state index in [1.165, 1.54) is 58.0 Å². The van der Waals surface area contributed by atoms with Crippen LogP contribution in [-0.4, -0.2) is 48.4 Å². The van der Waals surface area contributed by atoms with Gasteiger partial charge in [-0.05, 0) is 51.0 Å². The van der Waals surface area contributed by atoms with Crippen LogP contribution < -0.4 is 0 Å². The summed E-state index contributed by atoms with van der Waals surface area (Å²) in [6.07, 6.45) is 10.2. The molecule has 2 aliphatic heterocycles. The molecule has 0 aromatic rings. The van der Waals surface area contributed by atoms with E-state index in [2.05, 4.69) is 9.80 Å². The van der Waals surface area contributed by atoms with E-state index < -0.39 is 0 Å². The molecule has 0 spiro atoms. The standard InChI is InChI=1S/C16H28N2O/c19-16(18-10-3-1-2-4-11-18)15-6-5-9-17(13-15)12-14-7-8-14/h14-15H,1-13H2. The van der Waals surface area contributed by atoms with Crippen LogP contribution in [-0.2, 0) is 4.79 Å². The molecule has 0 bridgehead atoms. The summed E-state index contributed by atoms with van der Waals surface area (Å²) in [5.74, 6) is 1.71. The van der Waals surface area contributed by atoms with Crippen molar-refractivity contribution in [3.63, 3.8) is 0 Å². The van der Waals surface area contributed by atoms with Crippen LogP contribution in [0.15, 0.2) is 0 Å². The summed E-state index contributed by atoms with van der Waals surface area (Å²) in [6.45, 7) is 5.53. The third-order valence-corrected chi connectivity index (χ3v) is 4.99. The Hall–Kier alpha value is -0.570. The van der Waals surface area contributed by atoms with Crippen LogP contribution >= 0.6 is 0 Å². The van der Waals surface area contributed by atoms with Gasteiger partial charge in [0.2, 0.25) is 5.91 Å². The van der Waals surface area contributed by atoms with Crippen LogP contribution in [0.2, 0.25) is 0 Å². The lowest BCUT2D eigenvalue weighted by molar-refractivity contribution is -0.137. The normalized spacial score (nSPS) is 30.1. The predicted molar refractivity (Wildman–Crippen MR) is 76.9 cm³/mol. The van der Waals surface area contributed by atoms with E-state index in [4.69, 9.17) is 0 Å². The van der Waals surface area contributed by atoms with E-state index in [9.17, 15) is 4.79 Å². The van der Waals surface area contributed by atoms with Crippen LogP contribution in [0.5, 0.6) is 0 Å². The number of carbonyl (C=O) groups excluding carboxylic acids is 1. The fourth-order valence-corrected chi connectivity index (χ4v) is 3.64. The summed E-state index contributed by atoms with van der Waals surface area (Å²) in [7, 11) is 0. The minimum Gasteiger partial charge on any atom is -0.342 e. The van der Waals surface area contributed by atoms with E-state index in [0.29, 0.717) is 11.8 Å². The molecule has 0 N–H and O–H groups in total. The number of carbonyl (C=O) groups is 1. The Kier molecular flexibility index (Phi) is 4.42. The predicted octanol–water partition coefficient (Wildman–Crippen LogP) is 2.51. The second kappa shape index (κ2) is 6.25. The van der Waals surface area contributed by atoms with E-state index >= 15 is 0 Å². The summed E-state index contributed by atoms with van der Waals surface area (Å²) < 4.78 is 0. The molecule has 19 heavy (non-hydrogen) atoms. The lowest BCUT2D eigenvalue weighted by atomic mass is 9.96. The zero-order valence-corrected chi connectivity index (χ0v) is 12.1. The van der Waals surface area contributed by atoms with Crippen LogP contribution in [0.3, 0.4) is 0 Å². The van der Waals surface area contributed by atoms with Gasteiger partial charge >= 0.3 is 0 Å². The van der Waals surface area contributed by atoms with E-state index in [1.807, 2.05) is 0 Å². The molecular formula is C16H28N2O. The largest absolute Gasteiger partial charge is 0.342 e. The van der Waals surface area contributed by atoms with Crippen molar-refractivity contribution in [1.82, 2.24) is 9.80 Å². The Bertz CT molecular complexity index is 306. The SMILES string of the molecule is O=C(C1CCCN(CC2CC2)C1)N1CCCCCC1. The van der Waals surface area contributed by atoms with Crippen LogP contribution in [0, 0.1) is 11.8 Å². The van der Waals surface area contributed by atoms with Gasteiger partial charge in [0.05, 0.1) is 5.92 Å². The third-order valence-electron chi connectivity index (χ3n) is 4.99. The van der Waals surface area contributed by atoms with Gasteiger partial charge in [-0.25, -0.2) is 0 Å². The van der Waals surface area contributed by atoms with E-state index in [0.717, 1.165) is 32.0 Å². The minimum atomic E-state index is 0.297. The summed E-state index contributed by atoms with van der Waals surface area (Å²) in [5.41, 5.74) is 0. The lowest BCUT2D eigenvalue weighted by Crippen LogP contribution is -2.45. The molecule has 3 fully saturated rings. The van der Waals surface area contributed by atoms with Gasteiger partial charge in [0.1, 0.15) is 0 Å². The smallest absolute Gasteiger partial charge is 0.226 e. The van der Waals surface area contributed by atoms with Crippen LogP contribution in [0.1, 0.15) is 51.4 Å². The Morgan fingerprint density at radius 3 is 2.32 bits per heavy atom. The zero-order chi connectivity index (χ0) is 13.1. The molecule has 1 unspecified atom stereocenters. The highest BCUT2D eigenvalue weighted by molar-refractivity contribution is 5.79. The molecule has 3 nitrogen and oxygen atoms in total. The first-order valence-electron chi connectivity index (χ1n) is 8.34. The second-order valence-electron chi connectivity index (χ2n) is 6.78. The monoisotopic (exact) mass is 264 g/mol. The van der Waals surface area contributed by atoms with Crippen molar-refractivity contribution in [3.05, 3.63) is 0 Å². The molecule has 3 rings (SSSR count). The topological polar surface area (TPSA) is 23.6 Å². The van der Waals surface area contributed by atoms with Crippen molar-refractivity contribution in [1.29, 1.82) is 0 Å². The molecule has 3 heteroatoms. The van der Waals surface area contributed by atoms with Crippen LogP contribution in [0.25, 0.3) is 0 Å². The Morgan fingerprint density at radius 1 is 0.895 bits per heavy atom. The van der Waals surface area contributed by atoms with Gasteiger partial charge in [0.15, 0.2) is 0 Å². The maximum absolute atomic E-state index is 12.7. The number of hydrogen-bond acceptors (Lipinski definition) is 2. The van der Waals surface area contributed by atoms with E-state index in [-0.39, 0.29) is 0 Å². The summed E-state index contributed by atoms with van der Waals surface area (Å²) in [5, 5.41) is 0. The summed E-state index contributed by atoms with van der Waals surface area (Å²) >= 11 is 0. The average molecular weight is 264 g/mol. The Morgan fingerprint density at radius 2 is 1.63 bits per heavy atom. The van der Waals surface area contributed by atoms with Gasteiger partial charge in [-0.2, -0.15) is 0 Å². The third kappa shape index (κ3) is 3.71. The van der Waals surface area contributed by atoms with Crippen molar-refractivity contribution >= 4 is 5.91 Å². The fourth-order valence-electron chi connectivity index (χ4n) is 3.64. The number of rotatable bonds is 3. The van der Waals surface area contributed by atoms with Gasteiger partial charge < -0.3 is 9.80 Å². The highest BCUT2D eigenvalue weighted by Crippen LogP contribution is 2.31. The first-order chi connectivity index (χ1) is 9.33. The molecule has 1 amide bonds. The minimum absolute atomic E-state index is 0.297. The number of piperidine rings is 1. The van der Waals surface area contributed by atoms with E-state index in [1.54, 1.807) is 0 Å². The molecule has 2 saturated heterocycles. The first-order valence-corrected chi connectivity index (χ1v) is 8.34. The Balaban J connectivity index is 1.52. The maximum atomic E-state index is 12.7. The first kappa shape index (κ1) is 13.4. The Labute approximate surface area is 117 Å². The van der Waals surface area contributed by atoms with Crippen molar-refractivity contribution in [2.45, 2.75) is 51.4 Å². The number of likely N-dealkylation sites (tertiary alicyclic amines) is 2. The van der Waals surface area contributed by atoms with Gasteiger partial charge in [-0.3, -0.25) is 4.79 Å².